The van der Waals surface area contributed by atoms with Crippen molar-refractivity contribution in [2.75, 3.05) is 14.2 Å². The third-order valence-corrected chi connectivity index (χ3v) is 3.87. The van der Waals surface area contributed by atoms with Gasteiger partial charge in [-0.3, -0.25) is 0 Å². The molecule has 1 heterocycles. The van der Waals surface area contributed by atoms with Gasteiger partial charge in [-0.15, -0.1) is 0 Å². The Morgan fingerprint density at radius 1 is 1.00 bits per heavy atom. The van der Waals surface area contributed by atoms with Gasteiger partial charge < -0.3 is 18.7 Å². The van der Waals surface area contributed by atoms with Crippen LogP contribution in [0.3, 0.4) is 0 Å². The summed E-state index contributed by atoms with van der Waals surface area (Å²) in [5.74, 6) is 1.37. The molecule has 0 fully saturated rings. The van der Waals surface area contributed by atoms with Crippen LogP contribution in [0.15, 0.2) is 53.1 Å². The Bertz CT molecular complexity index is 899. The highest BCUT2D eigenvalue weighted by Crippen LogP contribution is 2.32. The number of aryl methyl sites for hydroxylation is 1. The lowest BCUT2D eigenvalue weighted by Crippen LogP contribution is -2.05. The van der Waals surface area contributed by atoms with Crippen molar-refractivity contribution in [3.63, 3.8) is 0 Å². The average Bonchev–Trinajstić information content (AvgIpc) is 3.15. The lowest BCUT2D eigenvalue weighted by molar-refractivity contribution is 0.0464. The van der Waals surface area contributed by atoms with E-state index in [4.69, 9.17) is 18.7 Å². The molecule has 3 rings (SSSR count). The van der Waals surface area contributed by atoms with Gasteiger partial charge in [-0.1, -0.05) is 22.9 Å². The third-order valence-electron chi connectivity index (χ3n) is 3.87. The van der Waals surface area contributed by atoms with Gasteiger partial charge in [-0.05, 0) is 37.3 Å². The van der Waals surface area contributed by atoms with Crippen molar-refractivity contribution < 1.29 is 23.5 Å². The van der Waals surface area contributed by atoms with Gasteiger partial charge in [0.25, 0.3) is 0 Å². The van der Waals surface area contributed by atoms with Gasteiger partial charge >= 0.3 is 5.97 Å². The summed E-state index contributed by atoms with van der Waals surface area (Å²) in [5, 5.41) is 3.95. The van der Waals surface area contributed by atoms with Crippen LogP contribution in [0.2, 0.25) is 0 Å². The third kappa shape index (κ3) is 3.85. The minimum Gasteiger partial charge on any atom is -0.493 e. The summed E-state index contributed by atoms with van der Waals surface area (Å²) < 4.78 is 21.1. The van der Waals surface area contributed by atoms with E-state index in [9.17, 15) is 4.79 Å². The van der Waals surface area contributed by atoms with Crippen molar-refractivity contribution in [3.05, 3.63) is 65.4 Å². The van der Waals surface area contributed by atoms with E-state index < -0.39 is 5.97 Å². The lowest BCUT2D eigenvalue weighted by atomic mass is 10.1. The molecule has 0 N–H and O–H groups in total. The normalized spacial score (nSPS) is 10.4. The van der Waals surface area contributed by atoms with E-state index in [0.717, 1.165) is 11.1 Å². The number of nitrogens with zero attached hydrogens (tertiary/aromatic N) is 1. The summed E-state index contributed by atoms with van der Waals surface area (Å²) in [6.45, 7) is 1.99. The van der Waals surface area contributed by atoms with E-state index >= 15 is 0 Å². The van der Waals surface area contributed by atoms with Gasteiger partial charge in [-0.2, -0.15) is 0 Å². The molecule has 26 heavy (non-hydrogen) atoms. The van der Waals surface area contributed by atoms with E-state index in [-0.39, 0.29) is 6.61 Å². The second-order valence-electron chi connectivity index (χ2n) is 5.69. The smallest absolute Gasteiger partial charge is 0.338 e. The topological polar surface area (TPSA) is 70.8 Å². The number of rotatable bonds is 6. The zero-order valence-electron chi connectivity index (χ0n) is 14.8. The largest absolute Gasteiger partial charge is 0.493 e. The van der Waals surface area contributed by atoms with Crippen LogP contribution >= 0.6 is 0 Å². The highest BCUT2D eigenvalue weighted by Gasteiger charge is 2.13. The molecule has 0 radical (unpaired) electrons. The number of carbonyl (C=O) groups is 1. The first kappa shape index (κ1) is 17.5. The Morgan fingerprint density at radius 2 is 1.73 bits per heavy atom. The maximum absolute atomic E-state index is 12.0. The predicted octanol–water partition coefficient (Wildman–Crippen LogP) is 4.02. The number of methoxy groups -OCH3 is 2. The monoisotopic (exact) mass is 353 g/mol. The summed E-state index contributed by atoms with van der Waals surface area (Å²) in [7, 11) is 3.14. The van der Waals surface area contributed by atoms with Crippen molar-refractivity contribution in [2.24, 2.45) is 0 Å². The molecule has 0 aliphatic heterocycles. The summed E-state index contributed by atoms with van der Waals surface area (Å²) >= 11 is 0. The van der Waals surface area contributed by atoms with Crippen molar-refractivity contribution in [2.45, 2.75) is 13.5 Å². The standard InChI is InChI=1S/C20H19NO5/c1-13-4-6-14(7-5-13)20(22)25-12-16-11-18(26-21-16)15-8-9-17(23-2)19(10-15)24-3/h4-11H,12H2,1-3H3. The van der Waals surface area contributed by atoms with Crippen LogP contribution in [0.25, 0.3) is 11.3 Å². The zero-order chi connectivity index (χ0) is 18.5. The lowest BCUT2D eigenvalue weighted by Gasteiger charge is -2.07. The zero-order valence-corrected chi connectivity index (χ0v) is 14.8. The number of benzene rings is 2. The fraction of sp³-hybridized carbons (Fsp3) is 0.200. The number of hydrogen-bond acceptors (Lipinski definition) is 6. The fourth-order valence-corrected chi connectivity index (χ4v) is 2.42. The average molecular weight is 353 g/mol. The molecule has 3 aromatic rings. The van der Waals surface area contributed by atoms with Crippen LogP contribution in [0.4, 0.5) is 0 Å². The van der Waals surface area contributed by atoms with Gasteiger partial charge in [0.05, 0.1) is 19.8 Å². The minimum atomic E-state index is -0.402. The molecule has 0 bridgehead atoms. The Morgan fingerprint density at radius 3 is 2.42 bits per heavy atom. The molecule has 2 aromatic carbocycles. The van der Waals surface area contributed by atoms with E-state index in [2.05, 4.69) is 5.16 Å². The van der Waals surface area contributed by atoms with Crippen molar-refractivity contribution in [3.8, 4) is 22.8 Å². The molecule has 0 aliphatic rings. The second kappa shape index (κ2) is 7.74. The molecule has 0 atom stereocenters. The molecule has 0 saturated heterocycles. The van der Waals surface area contributed by atoms with Gasteiger partial charge in [-0.25, -0.2) is 4.79 Å². The molecule has 0 unspecified atom stereocenters. The molecule has 0 spiro atoms. The Balaban J connectivity index is 1.68. The maximum atomic E-state index is 12.0. The molecule has 0 aliphatic carbocycles. The highest BCUT2D eigenvalue weighted by molar-refractivity contribution is 5.89. The Kier molecular flexibility index (Phi) is 5.22. The molecule has 6 heteroatoms. The van der Waals surface area contributed by atoms with Crippen LogP contribution in [0.1, 0.15) is 21.6 Å². The molecule has 6 nitrogen and oxygen atoms in total. The van der Waals surface area contributed by atoms with Gasteiger partial charge in [0.1, 0.15) is 12.3 Å². The summed E-state index contributed by atoms with van der Waals surface area (Å²) in [4.78, 5) is 12.0. The Hall–Kier alpha value is -3.28. The molecule has 0 amide bonds. The van der Waals surface area contributed by atoms with E-state index in [1.54, 1.807) is 44.6 Å². The molecular weight excluding hydrogens is 334 g/mol. The maximum Gasteiger partial charge on any atom is 0.338 e. The van der Waals surface area contributed by atoms with Crippen molar-refractivity contribution >= 4 is 5.97 Å². The molecule has 0 saturated carbocycles. The van der Waals surface area contributed by atoms with Crippen LogP contribution in [-0.4, -0.2) is 25.3 Å². The minimum absolute atomic E-state index is 0.0312. The number of aromatic nitrogens is 1. The SMILES string of the molecule is COc1ccc(-c2cc(COC(=O)c3ccc(C)cc3)no2)cc1OC. The van der Waals surface area contributed by atoms with Crippen molar-refractivity contribution in [1.29, 1.82) is 0 Å². The predicted molar refractivity (Wildman–Crippen MR) is 95.3 cm³/mol. The second-order valence-corrected chi connectivity index (χ2v) is 5.69. The summed E-state index contributed by atoms with van der Waals surface area (Å²) in [5.41, 5.74) is 2.89. The first-order chi connectivity index (χ1) is 12.6. The van der Waals surface area contributed by atoms with E-state index in [0.29, 0.717) is 28.5 Å². The van der Waals surface area contributed by atoms with Crippen LogP contribution in [-0.2, 0) is 11.3 Å². The van der Waals surface area contributed by atoms with Crippen LogP contribution in [0.5, 0.6) is 11.5 Å². The number of esters is 1. The first-order valence-electron chi connectivity index (χ1n) is 8.02. The van der Waals surface area contributed by atoms with Crippen molar-refractivity contribution in [1.82, 2.24) is 5.16 Å². The number of hydrogen-bond donors (Lipinski definition) is 0. The number of ether oxygens (including phenoxy) is 3. The van der Waals surface area contributed by atoms with E-state index in [1.165, 1.54) is 0 Å². The molecular formula is C20H19NO5. The summed E-state index contributed by atoms with van der Waals surface area (Å²) in [6, 6.07) is 14.3. The van der Waals surface area contributed by atoms with Gasteiger partial charge in [0.2, 0.25) is 0 Å². The Labute approximate surface area is 151 Å². The molecule has 134 valence electrons. The van der Waals surface area contributed by atoms with Gasteiger partial charge in [0.15, 0.2) is 17.3 Å². The number of carbonyl (C=O) groups excluding carboxylic acids is 1. The first-order valence-corrected chi connectivity index (χ1v) is 8.02. The van der Waals surface area contributed by atoms with Crippen LogP contribution in [0, 0.1) is 6.92 Å². The van der Waals surface area contributed by atoms with E-state index in [1.807, 2.05) is 25.1 Å². The molecule has 1 aromatic heterocycles. The highest BCUT2D eigenvalue weighted by atomic mass is 16.5. The fourth-order valence-electron chi connectivity index (χ4n) is 2.42. The van der Waals surface area contributed by atoms with Crippen LogP contribution < -0.4 is 9.47 Å². The quantitative estimate of drug-likeness (QED) is 0.623. The van der Waals surface area contributed by atoms with Gasteiger partial charge in [0, 0.05) is 11.6 Å². The summed E-state index contributed by atoms with van der Waals surface area (Å²) in [6.07, 6.45) is 0.